The average molecular weight is 417 g/mol. The van der Waals surface area contributed by atoms with Crippen molar-refractivity contribution in [1.29, 1.82) is 0 Å². The van der Waals surface area contributed by atoms with E-state index in [1.54, 1.807) is 12.1 Å². The number of nitrogen functional groups attached to an aromatic ring is 2. The Labute approximate surface area is 171 Å². The molecule has 2 heterocycles. The van der Waals surface area contributed by atoms with Gasteiger partial charge < -0.3 is 16.8 Å². The number of nitrogens with two attached hydrogens (primary N) is 2. The third kappa shape index (κ3) is 3.42. The molecule has 28 heavy (non-hydrogen) atoms. The lowest BCUT2D eigenvalue weighted by molar-refractivity contribution is 0.784. The van der Waals surface area contributed by atoms with Gasteiger partial charge in [-0.15, -0.1) is 0 Å². The topological polar surface area (TPSA) is 112 Å². The van der Waals surface area contributed by atoms with Gasteiger partial charge in [-0.3, -0.25) is 9.36 Å². The highest BCUT2D eigenvalue weighted by atomic mass is 35.5. The van der Waals surface area contributed by atoms with Gasteiger partial charge in [0.2, 0.25) is 5.95 Å². The number of aromatic nitrogens is 3. The molecule has 0 amide bonds. The van der Waals surface area contributed by atoms with Crippen molar-refractivity contribution < 1.29 is 0 Å². The molecule has 1 aromatic carbocycles. The number of fused-ring (bicyclic) bond motifs is 1. The summed E-state index contributed by atoms with van der Waals surface area (Å²) in [5.74, 6) is 0.297. The Bertz CT molecular complexity index is 1170. The fourth-order valence-electron chi connectivity index (χ4n) is 2.90. The van der Waals surface area contributed by atoms with E-state index in [-0.39, 0.29) is 28.2 Å². The molecule has 5 N–H and O–H groups in total. The van der Waals surface area contributed by atoms with Gasteiger partial charge in [-0.05, 0) is 30.5 Å². The number of hydrogen-bond donors (Lipinski definition) is 3. The lowest BCUT2D eigenvalue weighted by atomic mass is 10.1. The molecule has 0 radical (unpaired) electrons. The zero-order chi connectivity index (χ0) is 20.6. The van der Waals surface area contributed by atoms with Crippen molar-refractivity contribution in [2.45, 2.75) is 13.0 Å². The van der Waals surface area contributed by atoms with Gasteiger partial charge in [0.1, 0.15) is 10.8 Å². The first-order chi connectivity index (χ1) is 13.2. The van der Waals surface area contributed by atoms with E-state index >= 15 is 0 Å². The number of halogens is 2. The minimum Gasteiger partial charge on any atom is -0.382 e. The minimum absolute atomic E-state index is 0.0187. The van der Waals surface area contributed by atoms with Crippen molar-refractivity contribution in [2.24, 2.45) is 0 Å². The maximum Gasteiger partial charge on any atom is 0.264 e. The van der Waals surface area contributed by atoms with Crippen molar-refractivity contribution in [2.75, 3.05) is 16.8 Å². The van der Waals surface area contributed by atoms with Gasteiger partial charge in [0.15, 0.2) is 5.82 Å². The van der Waals surface area contributed by atoms with Crippen molar-refractivity contribution in [3.05, 3.63) is 69.6 Å². The monoisotopic (exact) mass is 416 g/mol. The Balaban J connectivity index is 2.20. The van der Waals surface area contributed by atoms with Crippen LogP contribution in [0.15, 0.2) is 48.3 Å². The van der Waals surface area contributed by atoms with Crippen LogP contribution in [0.1, 0.15) is 18.7 Å². The molecule has 0 spiro atoms. The van der Waals surface area contributed by atoms with Crippen molar-refractivity contribution in [3.63, 3.8) is 0 Å². The van der Waals surface area contributed by atoms with E-state index in [1.807, 2.05) is 19.1 Å². The molecular formula is C19H18Cl2N6O. The van der Waals surface area contributed by atoms with E-state index < -0.39 is 6.04 Å². The van der Waals surface area contributed by atoms with Crippen molar-refractivity contribution >= 4 is 57.3 Å². The van der Waals surface area contributed by atoms with Crippen LogP contribution in [-0.2, 0) is 0 Å². The summed E-state index contributed by atoms with van der Waals surface area (Å²) < 4.78 is 1.45. The number of benzene rings is 1. The lowest BCUT2D eigenvalue weighted by Crippen LogP contribution is -2.26. The van der Waals surface area contributed by atoms with Crippen LogP contribution in [0.3, 0.4) is 0 Å². The second-order valence-corrected chi connectivity index (χ2v) is 6.89. The first kappa shape index (κ1) is 19.7. The number of nitrogens with zero attached hydrogens (tertiary/aromatic N) is 3. The highest BCUT2D eigenvalue weighted by Crippen LogP contribution is 2.30. The molecule has 0 aliphatic heterocycles. The Morgan fingerprint density at radius 3 is 2.71 bits per heavy atom. The summed E-state index contributed by atoms with van der Waals surface area (Å²) in [6.45, 7) is 9.47. The summed E-state index contributed by atoms with van der Waals surface area (Å²) in [4.78, 5) is 21.1. The highest BCUT2D eigenvalue weighted by molar-refractivity contribution is 6.35. The Hall–Kier alpha value is -3.03. The second-order valence-electron chi connectivity index (χ2n) is 6.10. The normalized spacial score (nSPS) is 12.0. The highest BCUT2D eigenvalue weighted by Gasteiger charge is 2.19. The largest absolute Gasteiger partial charge is 0.382 e. The third-order valence-corrected chi connectivity index (χ3v) is 4.93. The lowest BCUT2D eigenvalue weighted by Gasteiger charge is -2.22. The first-order valence-electron chi connectivity index (χ1n) is 8.25. The number of nitrogens with one attached hydrogen (secondary N) is 1. The summed E-state index contributed by atoms with van der Waals surface area (Å²) in [6, 6.07) is 6.69. The van der Waals surface area contributed by atoms with Crippen LogP contribution < -0.4 is 22.3 Å². The number of anilines is 3. The molecule has 0 saturated carbocycles. The first-order valence-corrected chi connectivity index (χ1v) is 9.01. The quantitative estimate of drug-likeness (QED) is 0.539. The molecule has 2 aromatic heterocycles. The predicted octanol–water partition coefficient (Wildman–Crippen LogP) is 4.09. The van der Waals surface area contributed by atoms with Gasteiger partial charge >= 0.3 is 0 Å². The molecule has 0 aliphatic rings. The zero-order valence-corrected chi connectivity index (χ0v) is 16.6. The van der Waals surface area contributed by atoms with Crippen LogP contribution in [0, 0.1) is 0 Å². The average Bonchev–Trinajstić information content (AvgIpc) is 2.64. The second kappa shape index (κ2) is 7.53. The fraction of sp³-hybridized carbons (Fsp3) is 0.105. The zero-order valence-electron chi connectivity index (χ0n) is 15.0. The minimum atomic E-state index is -0.418. The molecule has 1 atom stereocenters. The van der Waals surface area contributed by atoms with E-state index in [1.165, 1.54) is 10.6 Å². The predicted molar refractivity (Wildman–Crippen MR) is 117 cm³/mol. The molecule has 1 unspecified atom stereocenters. The van der Waals surface area contributed by atoms with Crippen LogP contribution in [-0.4, -0.2) is 14.5 Å². The van der Waals surface area contributed by atoms with E-state index in [2.05, 4.69) is 28.4 Å². The fourth-order valence-corrected chi connectivity index (χ4v) is 3.30. The van der Waals surface area contributed by atoms with Gasteiger partial charge in [0.05, 0.1) is 16.5 Å². The summed E-state index contributed by atoms with van der Waals surface area (Å²) in [6.07, 6.45) is 1.49. The summed E-state index contributed by atoms with van der Waals surface area (Å²) >= 11 is 12.4. The van der Waals surface area contributed by atoms with Crippen LogP contribution in [0.25, 0.3) is 16.5 Å². The van der Waals surface area contributed by atoms with E-state index in [9.17, 15) is 4.79 Å². The van der Waals surface area contributed by atoms with E-state index in [4.69, 9.17) is 34.7 Å². The van der Waals surface area contributed by atoms with Crippen molar-refractivity contribution in [3.8, 4) is 0 Å². The number of pyridine rings is 1. The van der Waals surface area contributed by atoms with Gasteiger partial charge in [0.25, 0.3) is 5.56 Å². The number of rotatable bonds is 5. The molecule has 0 aliphatic carbocycles. The summed E-state index contributed by atoms with van der Waals surface area (Å²) in [5.41, 5.74) is 12.1. The summed E-state index contributed by atoms with van der Waals surface area (Å²) in [5, 5.41) is 4.72. The molecule has 7 nitrogen and oxygen atoms in total. The molecular weight excluding hydrogens is 399 g/mol. The van der Waals surface area contributed by atoms with Gasteiger partial charge in [-0.1, -0.05) is 48.5 Å². The standard InChI is InChI=1S/C19H18Cl2N6O/c1-4-9(2)27-13(8-11-6-5-7-12(20)14(11)18(27)28)10(3)24-17-15(21)16(22)25-19(23)26-17/h4-8,10H,1-2H2,3H3,(H5,22,23,24,25,26). The van der Waals surface area contributed by atoms with E-state index in [0.29, 0.717) is 27.2 Å². The van der Waals surface area contributed by atoms with E-state index in [0.717, 1.165) is 0 Å². The van der Waals surface area contributed by atoms with Gasteiger partial charge in [0, 0.05) is 11.4 Å². The molecule has 3 rings (SSSR count). The Morgan fingerprint density at radius 1 is 1.32 bits per heavy atom. The third-order valence-electron chi connectivity index (χ3n) is 4.24. The number of allylic oxidation sites excluding steroid dienone is 2. The van der Waals surface area contributed by atoms with Crippen LogP contribution in [0.4, 0.5) is 17.6 Å². The SMILES string of the molecule is C=CC(=C)n1c(C(C)Nc2nc(N)nc(N)c2Cl)cc2cccc(Cl)c2c1=O. The Kier molecular flexibility index (Phi) is 5.31. The van der Waals surface area contributed by atoms with Crippen LogP contribution >= 0.6 is 23.2 Å². The molecule has 0 bridgehead atoms. The molecule has 3 aromatic rings. The molecule has 0 saturated heterocycles. The molecule has 144 valence electrons. The maximum atomic E-state index is 13.2. The summed E-state index contributed by atoms with van der Waals surface area (Å²) in [7, 11) is 0. The maximum absolute atomic E-state index is 13.2. The Morgan fingerprint density at radius 2 is 2.04 bits per heavy atom. The smallest absolute Gasteiger partial charge is 0.264 e. The van der Waals surface area contributed by atoms with Crippen LogP contribution in [0.2, 0.25) is 10.0 Å². The van der Waals surface area contributed by atoms with Crippen molar-refractivity contribution in [1.82, 2.24) is 14.5 Å². The van der Waals surface area contributed by atoms with Gasteiger partial charge in [-0.2, -0.15) is 9.97 Å². The van der Waals surface area contributed by atoms with Crippen LogP contribution in [0.5, 0.6) is 0 Å². The molecule has 9 heteroatoms. The molecule has 0 fully saturated rings. The number of hydrogen-bond acceptors (Lipinski definition) is 6. The van der Waals surface area contributed by atoms with Gasteiger partial charge in [-0.25, -0.2) is 0 Å².